The fraction of sp³-hybridized carbons (Fsp3) is 0.182. The first-order chi connectivity index (χ1) is 14.0. The van der Waals surface area contributed by atoms with Crippen molar-refractivity contribution in [3.8, 4) is 11.3 Å². The molecule has 1 fully saturated rings. The number of carbonyl (C=O) groups excluding carboxylic acids is 1. The van der Waals surface area contributed by atoms with Crippen molar-refractivity contribution >= 4 is 23.9 Å². The van der Waals surface area contributed by atoms with E-state index in [4.69, 9.17) is 11.5 Å². The lowest BCUT2D eigenvalue weighted by Gasteiger charge is -2.17. The van der Waals surface area contributed by atoms with Crippen LogP contribution < -0.4 is 16.4 Å². The Morgan fingerprint density at radius 3 is 2.69 bits per heavy atom. The molecule has 1 atom stereocenters. The first-order valence-electron chi connectivity index (χ1n) is 9.43. The summed E-state index contributed by atoms with van der Waals surface area (Å²) in [6.07, 6.45) is 6.30. The monoisotopic (exact) mass is 391 g/mol. The summed E-state index contributed by atoms with van der Waals surface area (Å²) in [5.41, 5.74) is 15.3. The SMILES string of the molecule is NC(=O)c1cc(-c2ccnc(C=Cc3ccc(F)cc3)c2)[nH]c1N1CC[C@@H](N)C1. The molecule has 4 rings (SSSR count). The molecule has 5 N–H and O–H groups in total. The number of nitrogens with two attached hydrogens (primary N) is 2. The van der Waals surface area contributed by atoms with Crippen LogP contribution in [0, 0.1) is 5.82 Å². The van der Waals surface area contributed by atoms with Crippen LogP contribution in [-0.2, 0) is 0 Å². The highest BCUT2D eigenvalue weighted by Crippen LogP contribution is 2.29. The summed E-state index contributed by atoms with van der Waals surface area (Å²) < 4.78 is 13.0. The van der Waals surface area contributed by atoms with Crippen LogP contribution in [-0.4, -0.2) is 35.0 Å². The Labute approximate surface area is 168 Å². The minimum atomic E-state index is -0.478. The Kier molecular flexibility index (Phi) is 5.14. The van der Waals surface area contributed by atoms with E-state index in [1.807, 2.05) is 24.3 Å². The van der Waals surface area contributed by atoms with Crippen molar-refractivity contribution in [3.63, 3.8) is 0 Å². The maximum Gasteiger partial charge on any atom is 0.252 e. The largest absolute Gasteiger partial charge is 0.365 e. The van der Waals surface area contributed by atoms with Gasteiger partial charge in [-0.25, -0.2) is 4.39 Å². The zero-order valence-electron chi connectivity index (χ0n) is 15.8. The zero-order valence-corrected chi connectivity index (χ0v) is 15.8. The van der Waals surface area contributed by atoms with Gasteiger partial charge in [-0.15, -0.1) is 0 Å². The Morgan fingerprint density at radius 2 is 2.00 bits per heavy atom. The molecule has 3 heterocycles. The van der Waals surface area contributed by atoms with Gasteiger partial charge < -0.3 is 21.4 Å². The number of halogens is 1. The van der Waals surface area contributed by atoms with Crippen LogP contribution in [0.5, 0.6) is 0 Å². The van der Waals surface area contributed by atoms with Crippen LogP contribution in [0.4, 0.5) is 10.2 Å². The van der Waals surface area contributed by atoms with Crippen molar-refractivity contribution in [2.75, 3.05) is 18.0 Å². The minimum absolute atomic E-state index is 0.0894. The van der Waals surface area contributed by atoms with Crippen molar-refractivity contribution in [1.29, 1.82) is 0 Å². The number of hydrogen-bond donors (Lipinski definition) is 3. The quantitative estimate of drug-likeness (QED) is 0.622. The van der Waals surface area contributed by atoms with Gasteiger partial charge in [0.2, 0.25) is 0 Å². The second-order valence-electron chi connectivity index (χ2n) is 7.16. The number of carbonyl (C=O) groups is 1. The second kappa shape index (κ2) is 7.89. The number of aromatic nitrogens is 2. The van der Waals surface area contributed by atoms with E-state index < -0.39 is 5.91 Å². The molecule has 148 valence electrons. The predicted molar refractivity (Wildman–Crippen MR) is 113 cm³/mol. The number of nitrogens with one attached hydrogen (secondary N) is 1. The van der Waals surface area contributed by atoms with Crippen LogP contribution >= 0.6 is 0 Å². The summed E-state index contributed by atoms with van der Waals surface area (Å²) in [6.45, 7) is 1.46. The van der Waals surface area contributed by atoms with Crippen LogP contribution in [0.2, 0.25) is 0 Å². The average molecular weight is 391 g/mol. The third kappa shape index (κ3) is 4.20. The molecule has 1 saturated heterocycles. The molecule has 29 heavy (non-hydrogen) atoms. The number of rotatable bonds is 5. The summed E-state index contributed by atoms with van der Waals surface area (Å²) >= 11 is 0. The van der Waals surface area contributed by atoms with Gasteiger partial charge in [-0.2, -0.15) is 0 Å². The molecule has 0 aliphatic carbocycles. The molecule has 0 bridgehead atoms. The van der Waals surface area contributed by atoms with Gasteiger partial charge in [-0.05, 0) is 48.4 Å². The molecule has 1 amide bonds. The van der Waals surface area contributed by atoms with Gasteiger partial charge in [0, 0.05) is 36.6 Å². The van der Waals surface area contributed by atoms with Gasteiger partial charge in [-0.3, -0.25) is 9.78 Å². The van der Waals surface area contributed by atoms with Gasteiger partial charge in [0.05, 0.1) is 11.3 Å². The molecule has 0 spiro atoms. The molecule has 1 aromatic carbocycles. The highest BCUT2D eigenvalue weighted by atomic mass is 19.1. The number of hydrogen-bond acceptors (Lipinski definition) is 4. The van der Waals surface area contributed by atoms with E-state index >= 15 is 0 Å². The van der Waals surface area contributed by atoms with Crippen LogP contribution in [0.15, 0.2) is 48.7 Å². The zero-order chi connectivity index (χ0) is 20.4. The second-order valence-corrected chi connectivity index (χ2v) is 7.16. The lowest BCUT2D eigenvalue weighted by molar-refractivity contribution is 0.100. The maximum atomic E-state index is 13.0. The Morgan fingerprint density at radius 1 is 1.21 bits per heavy atom. The molecule has 1 aliphatic rings. The number of pyridine rings is 1. The molecule has 3 aromatic rings. The van der Waals surface area contributed by atoms with Gasteiger partial charge >= 0.3 is 0 Å². The highest BCUT2D eigenvalue weighted by Gasteiger charge is 2.25. The Hall–Kier alpha value is -3.45. The van der Waals surface area contributed by atoms with Crippen LogP contribution in [0.1, 0.15) is 28.0 Å². The standard InChI is InChI=1S/C22H22FN5O/c23-16-4-1-14(2-5-16)3-6-18-11-15(7-9-26-18)20-12-19(21(25)29)22(27-20)28-10-8-17(24)13-28/h1-7,9,11-12,17,27H,8,10,13,24H2,(H2,25,29)/t17-/m1/s1. The van der Waals surface area contributed by atoms with E-state index in [1.54, 1.807) is 24.4 Å². The van der Waals surface area contributed by atoms with Crippen LogP contribution in [0.25, 0.3) is 23.4 Å². The minimum Gasteiger partial charge on any atom is -0.365 e. The normalized spacial score (nSPS) is 16.6. The van der Waals surface area contributed by atoms with Crippen molar-refractivity contribution in [1.82, 2.24) is 9.97 Å². The van der Waals surface area contributed by atoms with Gasteiger partial charge in [0.15, 0.2) is 0 Å². The summed E-state index contributed by atoms with van der Waals surface area (Å²) in [7, 11) is 0. The number of nitrogens with zero attached hydrogens (tertiary/aromatic N) is 2. The molecule has 0 saturated carbocycles. The molecular formula is C22H22FN5O. The number of amides is 1. The number of anilines is 1. The fourth-order valence-electron chi connectivity index (χ4n) is 3.49. The van der Waals surface area contributed by atoms with Crippen LogP contribution in [0.3, 0.4) is 0 Å². The first kappa shape index (κ1) is 18.9. The van der Waals surface area contributed by atoms with E-state index in [0.717, 1.165) is 35.5 Å². The number of benzene rings is 1. The van der Waals surface area contributed by atoms with Crippen molar-refractivity contribution in [2.24, 2.45) is 11.5 Å². The Balaban J connectivity index is 1.62. The molecule has 1 aliphatic heterocycles. The molecule has 6 nitrogen and oxygen atoms in total. The molecule has 2 aromatic heterocycles. The smallest absolute Gasteiger partial charge is 0.252 e. The number of H-pyrrole nitrogens is 1. The molecular weight excluding hydrogens is 369 g/mol. The van der Waals surface area contributed by atoms with Gasteiger partial charge in [0.25, 0.3) is 5.91 Å². The van der Waals surface area contributed by atoms with Gasteiger partial charge in [-0.1, -0.05) is 18.2 Å². The number of aromatic amines is 1. The maximum absolute atomic E-state index is 13.0. The fourth-order valence-corrected chi connectivity index (χ4v) is 3.49. The van der Waals surface area contributed by atoms with E-state index in [9.17, 15) is 9.18 Å². The van der Waals surface area contributed by atoms with Crippen molar-refractivity contribution in [2.45, 2.75) is 12.5 Å². The third-order valence-electron chi connectivity index (χ3n) is 5.01. The summed E-state index contributed by atoms with van der Waals surface area (Å²) in [4.78, 5) is 21.7. The van der Waals surface area contributed by atoms with Gasteiger partial charge in [0.1, 0.15) is 11.6 Å². The third-order valence-corrected chi connectivity index (χ3v) is 5.01. The lowest BCUT2D eigenvalue weighted by Crippen LogP contribution is -2.28. The summed E-state index contributed by atoms with van der Waals surface area (Å²) in [6, 6.07) is 11.9. The highest BCUT2D eigenvalue weighted by molar-refractivity contribution is 5.99. The first-order valence-corrected chi connectivity index (χ1v) is 9.43. The topological polar surface area (TPSA) is 101 Å². The number of primary amides is 1. The van der Waals surface area contributed by atoms with E-state index in [0.29, 0.717) is 17.9 Å². The predicted octanol–water partition coefficient (Wildman–Crippen LogP) is 3.02. The van der Waals surface area contributed by atoms with Crippen molar-refractivity contribution in [3.05, 3.63) is 71.3 Å². The van der Waals surface area contributed by atoms with E-state index in [1.165, 1.54) is 12.1 Å². The summed E-state index contributed by atoms with van der Waals surface area (Å²) in [5.74, 6) is -0.0387. The summed E-state index contributed by atoms with van der Waals surface area (Å²) in [5, 5.41) is 0. The Bertz CT molecular complexity index is 1060. The molecule has 0 radical (unpaired) electrons. The van der Waals surface area contributed by atoms with Crippen molar-refractivity contribution < 1.29 is 9.18 Å². The molecule has 7 heteroatoms. The molecule has 0 unspecified atom stereocenters. The van der Waals surface area contributed by atoms with E-state index in [2.05, 4.69) is 14.9 Å². The lowest BCUT2D eigenvalue weighted by atomic mass is 10.1. The van der Waals surface area contributed by atoms with E-state index in [-0.39, 0.29) is 11.9 Å². The average Bonchev–Trinajstić information content (AvgIpc) is 3.34.